The highest BCUT2D eigenvalue weighted by molar-refractivity contribution is 8.13. The Hall–Kier alpha value is -2.23. The summed E-state index contributed by atoms with van der Waals surface area (Å²) >= 11 is 0.591. The fourth-order valence-electron chi connectivity index (χ4n) is 1.34. The number of carbonyl (C=O) groups is 3. The first-order valence-corrected chi connectivity index (χ1v) is 7.61. The molecule has 0 aromatic carbocycles. The topological polar surface area (TPSA) is 136 Å². The highest BCUT2D eigenvalue weighted by Crippen LogP contribution is 2.12. The predicted octanol–water partition coefficient (Wildman–Crippen LogP) is 1.14. The molecule has 9 nitrogen and oxygen atoms in total. The minimum absolute atomic E-state index is 0.0758. The molecule has 0 saturated heterocycles. The van der Waals surface area contributed by atoms with E-state index in [-0.39, 0.29) is 29.8 Å². The third-order valence-electron chi connectivity index (χ3n) is 2.66. The van der Waals surface area contributed by atoms with E-state index in [2.05, 4.69) is 14.2 Å². The van der Waals surface area contributed by atoms with Crippen molar-refractivity contribution in [3.63, 3.8) is 0 Å². The Morgan fingerprint density at radius 2 is 1.96 bits per heavy atom. The van der Waals surface area contributed by atoms with Crippen molar-refractivity contribution in [1.82, 2.24) is 5.32 Å². The lowest BCUT2D eigenvalue weighted by atomic mass is 10.2. The average Bonchev–Trinajstić information content (AvgIpc) is 2.78. The first-order chi connectivity index (χ1) is 10.7. The van der Waals surface area contributed by atoms with Gasteiger partial charge in [0.2, 0.25) is 5.91 Å². The molecule has 0 saturated carbocycles. The van der Waals surface area contributed by atoms with Crippen LogP contribution in [0.1, 0.15) is 25.4 Å². The van der Waals surface area contributed by atoms with E-state index in [0.717, 1.165) is 0 Å². The predicted molar refractivity (Wildman–Crippen MR) is 79.0 cm³/mol. The number of rotatable bonds is 7. The maximum Gasteiger partial charge on any atom is 0.519 e. The van der Waals surface area contributed by atoms with Gasteiger partial charge in [-0.05, 0) is 18.7 Å². The molecule has 128 valence electrons. The molecular weight excluding hydrogens is 330 g/mol. The maximum atomic E-state index is 11.6. The van der Waals surface area contributed by atoms with Gasteiger partial charge in [-0.25, -0.2) is 14.4 Å². The lowest BCUT2D eigenvalue weighted by Gasteiger charge is -2.15. The summed E-state index contributed by atoms with van der Waals surface area (Å²) in [5, 5.41) is 10.6. The van der Waals surface area contributed by atoms with Gasteiger partial charge in [-0.2, -0.15) is 0 Å². The van der Waals surface area contributed by atoms with Gasteiger partial charge in [-0.3, -0.25) is 4.79 Å². The third-order valence-corrected chi connectivity index (χ3v) is 3.52. The third kappa shape index (κ3) is 6.19. The fraction of sp³-hybridized carbons (Fsp3) is 0.538. The van der Waals surface area contributed by atoms with Crippen LogP contribution in [0, 0.1) is 12.8 Å². The van der Waals surface area contributed by atoms with E-state index >= 15 is 0 Å². The van der Waals surface area contributed by atoms with Crippen LogP contribution in [0.15, 0.2) is 13.6 Å². The second-order valence-electron chi connectivity index (χ2n) is 4.84. The first kappa shape index (κ1) is 18.8. The SMILES string of the molecule is Cc1oc(=O)oc1COC(=O)SC[C@H](NC(=O)C(C)C)C(=O)O. The summed E-state index contributed by atoms with van der Waals surface area (Å²) in [5.74, 6) is -2.88. The average molecular weight is 347 g/mol. The van der Waals surface area contributed by atoms with Crippen molar-refractivity contribution < 1.29 is 33.1 Å². The number of amides is 1. The number of hydrogen-bond donors (Lipinski definition) is 2. The minimum Gasteiger partial charge on any atom is -0.480 e. The van der Waals surface area contributed by atoms with Crippen molar-refractivity contribution in [2.45, 2.75) is 33.4 Å². The summed E-state index contributed by atoms with van der Waals surface area (Å²) in [5.41, 5.74) is 0. The molecule has 1 aromatic rings. The van der Waals surface area contributed by atoms with Crippen molar-refractivity contribution in [2.75, 3.05) is 5.75 Å². The zero-order valence-corrected chi connectivity index (χ0v) is 13.6. The minimum atomic E-state index is -1.25. The van der Waals surface area contributed by atoms with Crippen LogP contribution in [-0.2, 0) is 20.9 Å². The molecule has 1 rings (SSSR count). The van der Waals surface area contributed by atoms with Gasteiger partial charge in [0, 0.05) is 11.7 Å². The van der Waals surface area contributed by atoms with Crippen LogP contribution in [0.25, 0.3) is 0 Å². The number of carbonyl (C=O) groups excluding carboxylic acids is 2. The Kier molecular flexibility index (Phi) is 6.89. The highest BCUT2D eigenvalue weighted by atomic mass is 32.2. The number of hydrogen-bond acceptors (Lipinski definition) is 8. The first-order valence-electron chi connectivity index (χ1n) is 6.62. The summed E-state index contributed by atoms with van der Waals surface area (Å²) in [7, 11) is 0. The van der Waals surface area contributed by atoms with Gasteiger partial charge in [-0.1, -0.05) is 13.8 Å². The smallest absolute Gasteiger partial charge is 0.480 e. The van der Waals surface area contributed by atoms with Crippen LogP contribution in [0.2, 0.25) is 0 Å². The van der Waals surface area contributed by atoms with E-state index in [1.165, 1.54) is 6.92 Å². The Morgan fingerprint density at radius 3 is 2.43 bits per heavy atom. The maximum absolute atomic E-state index is 11.6. The van der Waals surface area contributed by atoms with Crippen LogP contribution in [0.5, 0.6) is 0 Å². The Labute approximate surface area is 135 Å². The molecule has 0 unspecified atom stereocenters. The zero-order chi connectivity index (χ0) is 17.6. The largest absolute Gasteiger partial charge is 0.519 e. The number of carboxylic acid groups (broad SMARTS) is 1. The van der Waals surface area contributed by atoms with Gasteiger partial charge in [0.1, 0.15) is 6.04 Å². The second-order valence-corrected chi connectivity index (χ2v) is 5.79. The molecule has 1 amide bonds. The van der Waals surface area contributed by atoms with Crippen molar-refractivity contribution in [3.05, 3.63) is 22.1 Å². The number of thioether (sulfide) groups is 1. The Bertz CT molecular complexity index is 632. The van der Waals surface area contributed by atoms with E-state index in [9.17, 15) is 19.2 Å². The Morgan fingerprint density at radius 1 is 1.30 bits per heavy atom. The van der Waals surface area contributed by atoms with E-state index < -0.39 is 29.0 Å². The lowest BCUT2D eigenvalue weighted by Crippen LogP contribution is -2.44. The summed E-state index contributed by atoms with van der Waals surface area (Å²) in [6.45, 7) is 4.41. The van der Waals surface area contributed by atoms with E-state index in [1.807, 2.05) is 0 Å². The van der Waals surface area contributed by atoms with Gasteiger partial charge in [0.05, 0.1) is 0 Å². The summed E-state index contributed by atoms with van der Waals surface area (Å²) in [6.07, 6.45) is 0. The molecule has 2 N–H and O–H groups in total. The monoisotopic (exact) mass is 347 g/mol. The molecule has 0 spiro atoms. The normalized spacial score (nSPS) is 12.0. The quantitative estimate of drug-likeness (QED) is 0.695. The zero-order valence-electron chi connectivity index (χ0n) is 12.8. The van der Waals surface area contributed by atoms with Gasteiger partial charge >= 0.3 is 17.1 Å². The molecule has 10 heteroatoms. The number of aliphatic carboxylic acids is 1. The summed E-state index contributed by atoms with van der Waals surface area (Å²) < 4.78 is 14.1. The molecule has 0 aliphatic heterocycles. The summed E-state index contributed by atoms with van der Waals surface area (Å²) in [4.78, 5) is 44.9. The molecule has 1 atom stereocenters. The van der Waals surface area contributed by atoms with Crippen LogP contribution < -0.4 is 11.1 Å². The standard InChI is InChI=1S/C13H17NO8S/c1-6(2)10(15)14-8(11(16)17)5-23-13(19)20-4-9-7(3)21-12(18)22-9/h6,8H,4-5H2,1-3H3,(H,14,15)(H,16,17)/t8-/m0/s1. The highest BCUT2D eigenvalue weighted by Gasteiger charge is 2.23. The molecule has 23 heavy (non-hydrogen) atoms. The van der Waals surface area contributed by atoms with Crippen LogP contribution >= 0.6 is 11.8 Å². The molecule has 0 fully saturated rings. The van der Waals surface area contributed by atoms with Crippen molar-refractivity contribution in [2.24, 2.45) is 5.92 Å². The molecule has 0 bridgehead atoms. The summed E-state index contributed by atoms with van der Waals surface area (Å²) in [6, 6.07) is -1.21. The molecule has 1 aromatic heterocycles. The molecule has 0 aliphatic rings. The van der Waals surface area contributed by atoms with Crippen molar-refractivity contribution >= 4 is 28.9 Å². The van der Waals surface area contributed by atoms with E-state index in [0.29, 0.717) is 11.8 Å². The van der Waals surface area contributed by atoms with Crippen molar-refractivity contribution in [1.29, 1.82) is 0 Å². The Balaban J connectivity index is 2.46. The second kappa shape index (κ2) is 8.42. The molecular formula is C13H17NO8S. The van der Waals surface area contributed by atoms with Crippen molar-refractivity contribution in [3.8, 4) is 0 Å². The van der Waals surface area contributed by atoms with E-state index in [1.54, 1.807) is 13.8 Å². The number of aryl methyl sites for hydroxylation is 1. The van der Waals surface area contributed by atoms with Gasteiger partial charge < -0.3 is 24.0 Å². The van der Waals surface area contributed by atoms with Gasteiger partial charge in [0.15, 0.2) is 18.1 Å². The van der Waals surface area contributed by atoms with E-state index in [4.69, 9.17) is 9.84 Å². The number of ether oxygens (including phenoxy) is 1. The number of carboxylic acids is 1. The van der Waals surface area contributed by atoms with Crippen LogP contribution in [0.4, 0.5) is 4.79 Å². The lowest BCUT2D eigenvalue weighted by molar-refractivity contribution is -0.141. The van der Waals surface area contributed by atoms with Gasteiger partial charge in [-0.15, -0.1) is 0 Å². The molecule has 0 radical (unpaired) electrons. The van der Waals surface area contributed by atoms with Crippen LogP contribution in [-0.4, -0.2) is 34.1 Å². The molecule has 1 heterocycles. The number of nitrogens with one attached hydrogen (secondary N) is 1. The van der Waals surface area contributed by atoms with Crippen LogP contribution in [0.3, 0.4) is 0 Å². The fourth-order valence-corrected chi connectivity index (χ4v) is 2.01. The van der Waals surface area contributed by atoms with Gasteiger partial charge in [0.25, 0.3) is 0 Å². The molecule has 0 aliphatic carbocycles.